The number of unbranched alkanes of at least 4 members (excludes halogenated alkanes) is 1. The first-order chi connectivity index (χ1) is 12.1. The van der Waals surface area contributed by atoms with Gasteiger partial charge in [0.25, 0.3) is 0 Å². The summed E-state index contributed by atoms with van der Waals surface area (Å²) in [6.45, 7) is 7.71. The van der Waals surface area contributed by atoms with Crippen LogP contribution in [0.1, 0.15) is 32.3 Å². The van der Waals surface area contributed by atoms with Crippen molar-refractivity contribution in [2.75, 3.05) is 46.6 Å². The molecule has 0 bridgehead atoms. The number of hydrogen-bond acceptors (Lipinski definition) is 4. The van der Waals surface area contributed by atoms with Crippen LogP contribution in [-0.4, -0.2) is 57.6 Å². The van der Waals surface area contributed by atoms with Crippen LogP contribution in [0.2, 0.25) is 0 Å². The van der Waals surface area contributed by atoms with Crippen LogP contribution in [0, 0.1) is 0 Å². The molecule has 0 radical (unpaired) electrons. The number of aliphatic imine (C=N–C) groups is 1. The van der Waals surface area contributed by atoms with Crippen molar-refractivity contribution in [3.8, 4) is 0 Å². The van der Waals surface area contributed by atoms with Gasteiger partial charge in [-0.1, -0.05) is 30.3 Å². The second-order valence-electron chi connectivity index (χ2n) is 6.07. The maximum Gasteiger partial charge on any atom is 0.191 e. The van der Waals surface area contributed by atoms with E-state index in [2.05, 4.69) is 15.6 Å². The van der Waals surface area contributed by atoms with Gasteiger partial charge in [-0.3, -0.25) is 0 Å². The average Bonchev–Trinajstić information content (AvgIpc) is 2.62. The van der Waals surface area contributed by atoms with E-state index in [1.807, 2.05) is 37.3 Å². The van der Waals surface area contributed by atoms with Crippen molar-refractivity contribution in [3.63, 3.8) is 0 Å². The average molecular weight is 479 g/mol. The minimum Gasteiger partial charge on any atom is -0.384 e. The van der Waals surface area contributed by atoms with Gasteiger partial charge in [0, 0.05) is 26.8 Å². The molecule has 0 aliphatic carbocycles. The normalized spacial score (nSPS) is 13.6. The molecule has 0 aliphatic rings. The van der Waals surface area contributed by atoms with Gasteiger partial charge in [-0.2, -0.15) is 0 Å². The van der Waals surface area contributed by atoms with E-state index >= 15 is 0 Å². The molecule has 3 N–H and O–H groups in total. The van der Waals surface area contributed by atoms with Crippen LogP contribution in [0.25, 0.3) is 0 Å². The van der Waals surface area contributed by atoms with Gasteiger partial charge in [0.2, 0.25) is 0 Å². The smallest absolute Gasteiger partial charge is 0.191 e. The lowest BCUT2D eigenvalue weighted by Gasteiger charge is -2.22. The molecule has 26 heavy (non-hydrogen) atoms. The molecule has 0 fully saturated rings. The molecule has 0 amide bonds. The Hall–Kier alpha value is -0.900. The second kappa shape index (κ2) is 15.2. The van der Waals surface area contributed by atoms with Crippen LogP contribution in [0.4, 0.5) is 0 Å². The van der Waals surface area contributed by atoms with Crippen LogP contribution in [-0.2, 0) is 15.1 Å². The van der Waals surface area contributed by atoms with Gasteiger partial charge >= 0.3 is 0 Å². The highest BCUT2D eigenvalue weighted by atomic mass is 127. The molecule has 1 aromatic rings. The molecule has 1 atom stereocenters. The summed E-state index contributed by atoms with van der Waals surface area (Å²) in [7, 11) is 1.67. The molecule has 1 unspecified atom stereocenters. The first-order valence-electron chi connectivity index (χ1n) is 8.97. The number of aliphatic hydroxyl groups is 1. The largest absolute Gasteiger partial charge is 0.384 e. The van der Waals surface area contributed by atoms with Gasteiger partial charge in [-0.05, 0) is 32.3 Å². The second-order valence-corrected chi connectivity index (χ2v) is 6.07. The monoisotopic (exact) mass is 479 g/mol. The molecule has 0 saturated heterocycles. The summed E-state index contributed by atoms with van der Waals surface area (Å²) in [5.74, 6) is 0.721. The SMILES string of the molecule is CCNC(=NCC(C)(O)c1ccccc1)NCCCCOCCOC.I. The van der Waals surface area contributed by atoms with E-state index < -0.39 is 5.60 Å². The third-order valence-electron chi connectivity index (χ3n) is 3.72. The molecule has 0 heterocycles. The number of nitrogens with one attached hydrogen (secondary N) is 2. The topological polar surface area (TPSA) is 75.1 Å². The van der Waals surface area contributed by atoms with Gasteiger partial charge in [0.1, 0.15) is 5.60 Å². The van der Waals surface area contributed by atoms with Crippen LogP contribution in [0.3, 0.4) is 0 Å². The Morgan fingerprint density at radius 3 is 2.50 bits per heavy atom. The molecule has 0 aromatic heterocycles. The highest BCUT2D eigenvalue weighted by Gasteiger charge is 2.22. The third-order valence-corrected chi connectivity index (χ3v) is 3.72. The number of hydrogen-bond donors (Lipinski definition) is 3. The van der Waals surface area contributed by atoms with E-state index in [0.717, 1.165) is 44.1 Å². The van der Waals surface area contributed by atoms with Gasteiger partial charge in [0.15, 0.2) is 5.96 Å². The summed E-state index contributed by atoms with van der Waals surface area (Å²) in [4.78, 5) is 4.52. The maximum atomic E-state index is 10.6. The Kier molecular flexibility index (Phi) is 14.7. The number of guanidine groups is 1. The van der Waals surface area contributed by atoms with Gasteiger partial charge in [0.05, 0.1) is 19.8 Å². The number of nitrogens with zero attached hydrogens (tertiary/aromatic N) is 1. The lowest BCUT2D eigenvalue weighted by atomic mass is 9.96. The van der Waals surface area contributed by atoms with Crippen LogP contribution >= 0.6 is 24.0 Å². The number of methoxy groups -OCH3 is 1. The lowest BCUT2D eigenvalue weighted by Crippen LogP contribution is -2.39. The minimum absolute atomic E-state index is 0. The van der Waals surface area contributed by atoms with Crippen molar-refractivity contribution >= 4 is 29.9 Å². The molecule has 1 rings (SSSR count). The molecule has 1 aromatic carbocycles. The Morgan fingerprint density at radius 1 is 1.12 bits per heavy atom. The quantitative estimate of drug-likeness (QED) is 0.186. The highest BCUT2D eigenvalue weighted by Crippen LogP contribution is 2.20. The molecule has 0 spiro atoms. The fourth-order valence-electron chi connectivity index (χ4n) is 2.24. The van der Waals surface area contributed by atoms with E-state index in [4.69, 9.17) is 9.47 Å². The first kappa shape index (κ1) is 25.1. The molecule has 7 heteroatoms. The Balaban J connectivity index is 0.00000625. The minimum atomic E-state index is -0.987. The number of rotatable bonds is 12. The number of ether oxygens (including phenoxy) is 2. The van der Waals surface area contributed by atoms with E-state index in [9.17, 15) is 5.11 Å². The highest BCUT2D eigenvalue weighted by molar-refractivity contribution is 14.0. The number of halogens is 1. The standard InChI is InChI=1S/C19H33N3O3.HI/c1-4-20-18(21-12-8-9-13-25-15-14-24-3)22-16-19(2,23)17-10-6-5-7-11-17;/h5-7,10-11,23H,4,8-9,12-16H2,1-3H3,(H2,20,21,22);1H. The van der Waals surface area contributed by atoms with Crippen molar-refractivity contribution in [1.29, 1.82) is 0 Å². The predicted octanol–water partition coefficient (Wildman–Crippen LogP) is 2.51. The van der Waals surface area contributed by atoms with Gasteiger partial charge in [-0.15, -0.1) is 24.0 Å². The molecule has 0 aliphatic heterocycles. The van der Waals surface area contributed by atoms with E-state index in [1.165, 1.54) is 0 Å². The molecule has 150 valence electrons. The molecular weight excluding hydrogens is 445 g/mol. The van der Waals surface area contributed by atoms with E-state index in [-0.39, 0.29) is 24.0 Å². The van der Waals surface area contributed by atoms with Crippen molar-refractivity contribution in [1.82, 2.24) is 10.6 Å². The van der Waals surface area contributed by atoms with Crippen molar-refractivity contribution in [3.05, 3.63) is 35.9 Å². The summed E-state index contributed by atoms with van der Waals surface area (Å²) < 4.78 is 10.4. The van der Waals surface area contributed by atoms with Crippen molar-refractivity contribution < 1.29 is 14.6 Å². The Bertz CT molecular complexity index is 484. The summed E-state index contributed by atoms with van der Waals surface area (Å²) in [6.07, 6.45) is 1.98. The first-order valence-corrected chi connectivity index (χ1v) is 8.97. The summed E-state index contributed by atoms with van der Waals surface area (Å²) in [5, 5.41) is 17.1. The predicted molar refractivity (Wildman–Crippen MR) is 117 cm³/mol. The third kappa shape index (κ3) is 10.9. The zero-order valence-corrected chi connectivity index (χ0v) is 18.5. The van der Waals surface area contributed by atoms with Gasteiger partial charge in [-0.25, -0.2) is 4.99 Å². The molecule has 6 nitrogen and oxygen atoms in total. The molecular formula is C19H34IN3O3. The molecule has 0 saturated carbocycles. The van der Waals surface area contributed by atoms with Crippen molar-refractivity contribution in [2.24, 2.45) is 4.99 Å². The van der Waals surface area contributed by atoms with Gasteiger partial charge < -0.3 is 25.2 Å². The zero-order chi connectivity index (χ0) is 18.4. The van der Waals surface area contributed by atoms with Crippen LogP contribution in [0.5, 0.6) is 0 Å². The van der Waals surface area contributed by atoms with E-state index in [1.54, 1.807) is 14.0 Å². The Labute approximate surface area is 174 Å². The maximum absolute atomic E-state index is 10.6. The summed E-state index contributed by atoms with van der Waals surface area (Å²) in [5.41, 5.74) is -0.124. The lowest BCUT2D eigenvalue weighted by molar-refractivity contribution is 0.0672. The fourth-order valence-corrected chi connectivity index (χ4v) is 2.24. The number of benzene rings is 1. The van der Waals surface area contributed by atoms with E-state index in [0.29, 0.717) is 19.8 Å². The fraction of sp³-hybridized carbons (Fsp3) is 0.632. The van der Waals surface area contributed by atoms with Crippen LogP contribution in [0.15, 0.2) is 35.3 Å². The summed E-state index contributed by atoms with van der Waals surface area (Å²) >= 11 is 0. The van der Waals surface area contributed by atoms with Crippen LogP contribution < -0.4 is 10.6 Å². The zero-order valence-electron chi connectivity index (χ0n) is 16.2. The van der Waals surface area contributed by atoms with Crippen molar-refractivity contribution in [2.45, 2.75) is 32.3 Å². The summed E-state index contributed by atoms with van der Waals surface area (Å²) in [6, 6.07) is 9.61. The Morgan fingerprint density at radius 2 is 1.85 bits per heavy atom.